The molecule has 3 rings (SSSR count). The van der Waals surface area contributed by atoms with Crippen LogP contribution in [0, 0.1) is 0 Å². The van der Waals surface area contributed by atoms with Gasteiger partial charge in [0.1, 0.15) is 18.1 Å². The van der Waals surface area contributed by atoms with Gasteiger partial charge in [-0.25, -0.2) is 0 Å². The van der Waals surface area contributed by atoms with E-state index in [1.54, 1.807) is 24.3 Å². The van der Waals surface area contributed by atoms with Crippen molar-refractivity contribution in [3.8, 4) is 28.7 Å². The molecule has 0 heterocycles. The lowest BCUT2D eigenvalue weighted by molar-refractivity contribution is -0.123. The fourth-order valence-corrected chi connectivity index (χ4v) is 2.97. The van der Waals surface area contributed by atoms with Crippen LogP contribution in [0.1, 0.15) is 15.9 Å². The average Bonchev–Trinajstić information content (AvgIpc) is 2.89. The molecule has 9 nitrogen and oxygen atoms in total. The zero-order valence-electron chi connectivity index (χ0n) is 19.1. The molecule has 0 radical (unpaired) electrons. The van der Waals surface area contributed by atoms with Crippen molar-refractivity contribution in [3.63, 3.8) is 0 Å². The molecule has 0 saturated heterocycles. The number of amides is 2. The standard InChI is InChI=1S/C25H26N2O7/c1-30-21-13-18(14-22(31-2)24(21)32-3)25(29)27-26-23(28)16-34-20-11-9-19(10-12-20)33-15-17-7-5-4-6-8-17/h4-14H,15-16H2,1-3H3,(H,26,28)(H,27,29). The summed E-state index contributed by atoms with van der Waals surface area (Å²) in [5.41, 5.74) is 5.90. The van der Waals surface area contributed by atoms with Gasteiger partial charge in [0, 0.05) is 5.56 Å². The van der Waals surface area contributed by atoms with E-state index >= 15 is 0 Å². The Balaban J connectivity index is 1.46. The lowest BCUT2D eigenvalue weighted by Gasteiger charge is -2.14. The molecule has 3 aromatic carbocycles. The van der Waals surface area contributed by atoms with Crippen LogP contribution in [0.25, 0.3) is 0 Å². The Hall–Kier alpha value is -4.40. The van der Waals surface area contributed by atoms with E-state index in [0.29, 0.717) is 35.4 Å². The van der Waals surface area contributed by atoms with Crippen LogP contribution in [0.5, 0.6) is 28.7 Å². The number of nitrogens with one attached hydrogen (secondary N) is 2. The van der Waals surface area contributed by atoms with Crippen LogP contribution in [-0.2, 0) is 11.4 Å². The highest BCUT2D eigenvalue weighted by Crippen LogP contribution is 2.38. The minimum absolute atomic E-state index is 0.210. The second-order valence-corrected chi connectivity index (χ2v) is 6.95. The molecule has 2 amide bonds. The molecule has 34 heavy (non-hydrogen) atoms. The Morgan fingerprint density at radius 2 is 1.32 bits per heavy atom. The van der Waals surface area contributed by atoms with Crippen molar-refractivity contribution >= 4 is 11.8 Å². The Kier molecular flexibility index (Phi) is 8.56. The number of benzene rings is 3. The molecule has 0 bridgehead atoms. The van der Waals surface area contributed by atoms with Gasteiger partial charge in [0.05, 0.1) is 21.3 Å². The van der Waals surface area contributed by atoms with E-state index in [2.05, 4.69) is 10.9 Å². The highest BCUT2D eigenvalue weighted by atomic mass is 16.5. The summed E-state index contributed by atoms with van der Waals surface area (Å²) in [6, 6.07) is 19.7. The van der Waals surface area contributed by atoms with Crippen LogP contribution in [0.4, 0.5) is 0 Å². The van der Waals surface area contributed by atoms with Crippen molar-refractivity contribution in [2.24, 2.45) is 0 Å². The zero-order valence-corrected chi connectivity index (χ0v) is 19.1. The summed E-state index contributed by atoms with van der Waals surface area (Å²) in [6.45, 7) is 0.162. The monoisotopic (exact) mass is 466 g/mol. The van der Waals surface area contributed by atoms with Crippen molar-refractivity contribution in [2.45, 2.75) is 6.61 Å². The Labute approximate surface area is 197 Å². The van der Waals surface area contributed by atoms with Gasteiger partial charge < -0.3 is 23.7 Å². The van der Waals surface area contributed by atoms with Crippen LogP contribution < -0.4 is 34.5 Å². The highest BCUT2D eigenvalue weighted by Gasteiger charge is 2.17. The van der Waals surface area contributed by atoms with E-state index in [0.717, 1.165) is 5.56 Å². The second kappa shape index (κ2) is 12.0. The molecule has 0 saturated carbocycles. The fraction of sp³-hybridized carbons (Fsp3) is 0.200. The van der Waals surface area contributed by atoms with Crippen LogP contribution in [-0.4, -0.2) is 39.8 Å². The van der Waals surface area contributed by atoms with E-state index in [9.17, 15) is 9.59 Å². The normalized spacial score (nSPS) is 10.1. The Morgan fingerprint density at radius 3 is 1.88 bits per heavy atom. The maximum Gasteiger partial charge on any atom is 0.276 e. The van der Waals surface area contributed by atoms with Crippen molar-refractivity contribution in [3.05, 3.63) is 77.9 Å². The number of rotatable bonds is 10. The van der Waals surface area contributed by atoms with Crippen molar-refractivity contribution < 1.29 is 33.3 Å². The third-order valence-corrected chi connectivity index (χ3v) is 4.68. The first kappa shape index (κ1) is 24.2. The molecule has 0 aliphatic rings. The first-order valence-electron chi connectivity index (χ1n) is 10.3. The first-order chi connectivity index (χ1) is 16.5. The van der Waals surface area contributed by atoms with E-state index < -0.39 is 11.8 Å². The summed E-state index contributed by atoms with van der Waals surface area (Å²) in [5.74, 6) is 1.06. The number of hydrogen-bond acceptors (Lipinski definition) is 7. The molecular weight excluding hydrogens is 440 g/mol. The largest absolute Gasteiger partial charge is 0.493 e. The maximum absolute atomic E-state index is 12.4. The molecule has 0 aliphatic carbocycles. The van der Waals surface area contributed by atoms with Crippen molar-refractivity contribution in [1.82, 2.24) is 10.9 Å². The van der Waals surface area contributed by atoms with Gasteiger partial charge in [0.15, 0.2) is 18.1 Å². The number of hydrazine groups is 1. The zero-order chi connectivity index (χ0) is 24.3. The van der Waals surface area contributed by atoms with Crippen LogP contribution in [0.15, 0.2) is 66.7 Å². The molecule has 0 fully saturated rings. The van der Waals surface area contributed by atoms with Crippen LogP contribution in [0.2, 0.25) is 0 Å². The average molecular weight is 466 g/mol. The number of hydrogen-bond donors (Lipinski definition) is 2. The van der Waals surface area contributed by atoms with Gasteiger partial charge >= 0.3 is 0 Å². The number of carbonyl (C=O) groups excluding carboxylic acids is 2. The third kappa shape index (κ3) is 6.55. The summed E-state index contributed by atoms with van der Waals surface area (Å²) in [4.78, 5) is 24.5. The summed E-state index contributed by atoms with van der Waals surface area (Å²) in [7, 11) is 4.35. The smallest absolute Gasteiger partial charge is 0.276 e. The quantitative estimate of drug-likeness (QED) is 0.443. The summed E-state index contributed by atoms with van der Waals surface area (Å²) in [6.07, 6.45) is 0. The van der Waals surface area contributed by atoms with Gasteiger partial charge in [-0.05, 0) is 42.0 Å². The third-order valence-electron chi connectivity index (χ3n) is 4.68. The first-order valence-corrected chi connectivity index (χ1v) is 10.3. The van der Waals surface area contributed by atoms with E-state index in [-0.39, 0.29) is 12.2 Å². The number of carbonyl (C=O) groups is 2. The van der Waals surface area contributed by atoms with Gasteiger partial charge in [-0.1, -0.05) is 30.3 Å². The Morgan fingerprint density at radius 1 is 0.735 bits per heavy atom. The van der Waals surface area contributed by atoms with Crippen LogP contribution in [0.3, 0.4) is 0 Å². The molecule has 3 aromatic rings. The second-order valence-electron chi connectivity index (χ2n) is 6.95. The molecule has 2 N–H and O–H groups in total. The Bertz CT molecular complexity index is 1080. The summed E-state index contributed by atoms with van der Waals surface area (Å²) >= 11 is 0. The molecule has 0 aromatic heterocycles. The van der Waals surface area contributed by atoms with Gasteiger partial charge in [0.2, 0.25) is 5.75 Å². The van der Waals surface area contributed by atoms with E-state index in [1.165, 1.54) is 33.5 Å². The molecule has 178 valence electrons. The summed E-state index contributed by atoms with van der Waals surface area (Å²) < 4.78 is 26.9. The lowest BCUT2D eigenvalue weighted by Crippen LogP contribution is -2.43. The molecule has 0 atom stereocenters. The predicted molar refractivity (Wildman–Crippen MR) is 124 cm³/mol. The van der Waals surface area contributed by atoms with Crippen molar-refractivity contribution in [2.75, 3.05) is 27.9 Å². The van der Waals surface area contributed by atoms with Gasteiger partial charge in [0.25, 0.3) is 11.8 Å². The molecule has 0 spiro atoms. The van der Waals surface area contributed by atoms with Gasteiger partial charge in [-0.15, -0.1) is 0 Å². The maximum atomic E-state index is 12.4. The number of methoxy groups -OCH3 is 3. The van der Waals surface area contributed by atoms with E-state index in [1.807, 2.05) is 30.3 Å². The number of ether oxygens (including phenoxy) is 5. The topological polar surface area (TPSA) is 104 Å². The molecule has 0 unspecified atom stereocenters. The highest BCUT2D eigenvalue weighted by molar-refractivity contribution is 5.96. The van der Waals surface area contributed by atoms with Crippen molar-refractivity contribution in [1.29, 1.82) is 0 Å². The van der Waals surface area contributed by atoms with E-state index in [4.69, 9.17) is 23.7 Å². The van der Waals surface area contributed by atoms with Gasteiger partial charge in [-0.3, -0.25) is 20.4 Å². The lowest BCUT2D eigenvalue weighted by atomic mass is 10.1. The molecular formula is C25H26N2O7. The van der Waals surface area contributed by atoms with Gasteiger partial charge in [-0.2, -0.15) is 0 Å². The fourth-order valence-electron chi connectivity index (χ4n) is 2.97. The predicted octanol–water partition coefficient (Wildman–Crippen LogP) is 3.13. The molecule has 9 heteroatoms. The molecule has 0 aliphatic heterocycles. The van der Waals surface area contributed by atoms with Crippen LogP contribution >= 0.6 is 0 Å². The minimum Gasteiger partial charge on any atom is -0.493 e. The SMILES string of the molecule is COc1cc(C(=O)NNC(=O)COc2ccc(OCc3ccccc3)cc2)cc(OC)c1OC. The summed E-state index contributed by atoms with van der Waals surface area (Å²) in [5, 5.41) is 0. The minimum atomic E-state index is -0.562.